The molecule has 0 aliphatic heterocycles. The number of aromatic amines is 1. The number of nitriles is 1. The number of nitrogens with two attached hydrogens (primary N) is 1. The fourth-order valence-corrected chi connectivity index (χ4v) is 3.23. The number of aryl methyl sites for hydroxylation is 1. The standard InChI is InChI=1S/C17H12N6O2.2C2HF3O2/c18-6-12-13(16-20-7-21-23-16)11-4-1-8-5-9(17(24)25)2-3-10(8)14(11)22-15(12)19;2*3-2(4,5)1(6)7/h2-3,5,7H,1,4H2,(H2,19,22)(H,24,25)(H,20,21,23);2*(H,6,7). The third kappa shape index (κ3) is 7.18. The van der Waals surface area contributed by atoms with E-state index >= 15 is 0 Å². The number of nitrogens with zero attached hydrogens (tertiary/aromatic N) is 4. The van der Waals surface area contributed by atoms with E-state index in [-0.39, 0.29) is 16.9 Å². The zero-order valence-corrected chi connectivity index (χ0v) is 18.9. The van der Waals surface area contributed by atoms with Gasteiger partial charge >= 0.3 is 30.3 Å². The number of halogens is 6. The Morgan fingerprint density at radius 3 is 2.00 bits per heavy atom. The Morgan fingerprint density at radius 2 is 1.56 bits per heavy atom. The molecule has 1 aliphatic rings. The van der Waals surface area contributed by atoms with Gasteiger partial charge in [-0.15, -0.1) is 0 Å². The number of aromatic carboxylic acids is 1. The molecule has 18 heteroatoms. The maximum absolute atomic E-state index is 11.2. The van der Waals surface area contributed by atoms with E-state index in [0.717, 1.165) is 16.7 Å². The molecule has 12 nitrogen and oxygen atoms in total. The number of rotatable bonds is 2. The number of H-pyrrole nitrogens is 1. The van der Waals surface area contributed by atoms with Crippen molar-refractivity contribution in [2.24, 2.45) is 0 Å². The fourth-order valence-electron chi connectivity index (χ4n) is 3.23. The number of fused-ring (bicyclic) bond motifs is 3. The van der Waals surface area contributed by atoms with Crippen LogP contribution < -0.4 is 5.73 Å². The molecule has 6 N–H and O–H groups in total. The summed E-state index contributed by atoms with van der Waals surface area (Å²) < 4.78 is 63.5. The van der Waals surface area contributed by atoms with Crippen molar-refractivity contribution in [3.8, 4) is 28.7 Å². The lowest BCUT2D eigenvalue weighted by atomic mass is 9.84. The number of nitrogens with one attached hydrogen (secondary N) is 1. The molecule has 2 aromatic heterocycles. The van der Waals surface area contributed by atoms with Crippen LogP contribution in [0.3, 0.4) is 0 Å². The Labute approximate surface area is 212 Å². The first-order valence-corrected chi connectivity index (χ1v) is 10.0. The molecule has 0 saturated heterocycles. The van der Waals surface area contributed by atoms with Gasteiger partial charge in [0.1, 0.15) is 23.8 Å². The third-order valence-corrected chi connectivity index (χ3v) is 4.83. The lowest BCUT2D eigenvalue weighted by Gasteiger charge is -2.22. The van der Waals surface area contributed by atoms with Crippen LogP contribution in [-0.2, 0) is 22.4 Å². The van der Waals surface area contributed by atoms with Crippen LogP contribution in [0.4, 0.5) is 32.2 Å². The van der Waals surface area contributed by atoms with Crippen molar-refractivity contribution in [3.63, 3.8) is 0 Å². The maximum atomic E-state index is 11.2. The molecule has 206 valence electrons. The van der Waals surface area contributed by atoms with Gasteiger partial charge in [0.15, 0.2) is 5.82 Å². The van der Waals surface area contributed by atoms with E-state index in [4.69, 9.17) is 25.5 Å². The van der Waals surface area contributed by atoms with Crippen LogP contribution in [0.15, 0.2) is 24.5 Å². The van der Waals surface area contributed by atoms with Crippen LogP contribution >= 0.6 is 0 Å². The summed E-state index contributed by atoms with van der Waals surface area (Å²) in [5, 5.41) is 39.6. The first-order valence-electron chi connectivity index (χ1n) is 10.0. The number of benzene rings is 1. The molecule has 0 unspecified atom stereocenters. The van der Waals surface area contributed by atoms with Gasteiger partial charge in [-0.25, -0.2) is 24.4 Å². The van der Waals surface area contributed by atoms with Gasteiger partial charge in [0.05, 0.1) is 11.3 Å². The predicted octanol–water partition coefficient (Wildman–Crippen LogP) is 3.05. The molecular weight excluding hydrogens is 546 g/mol. The zero-order chi connectivity index (χ0) is 29.7. The van der Waals surface area contributed by atoms with Crippen LogP contribution in [0.5, 0.6) is 0 Å². The number of carboxylic acid groups (broad SMARTS) is 3. The smallest absolute Gasteiger partial charge is 0.478 e. The normalized spacial score (nSPS) is 11.8. The number of nitrogen functional groups attached to an aromatic ring is 1. The van der Waals surface area contributed by atoms with Gasteiger partial charge in [-0.05, 0) is 36.1 Å². The number of hydrogen-bond acceptors (Lipinski definition) is 8. The molecule has 1 aliphatic carbocycles. The Hall–Kier alpha value is -5.21. The number of aromatic nitrogens is 4. The van der Waals surface area contributed by atoms with Crippen molar-refractivity contribution in [1.29, 1.82) is 5.26 Å². The summed E-state index contributed by atoms with van der Waals surface area (Å²) in [6.07, 6.45) is -7.56. The van der Waals surface area contributed by atoms with Crippen molar-refractivity contribution in [3.05, 3.63) is 46.8 Å². The highest BCUT2D eigenvalue weighted by Gasteiger charge is 2.39. The van der Waals surface area contributed by atoms with Crippen molar-refractivity contribution >= 4 is 23.7 Å². The second-order valence-corrected chi connectivity index (χ2v) is 7.30. The quantitative estimate of drug-likeness (QED) is 0.287. The van der Waals surface area contributed by atoms with E-state index in [1.807, 2.05) is 0 Å². The van der Waals surface area contributed by atoms with Crippen LogP contribution in [0, 0.1) is 11.3 Å². The van der Waals surface area contributed by atoms with E-state index in [1.54, 1.807) is 18.2 Å². The lowest BCUT2D eigenvalue weighted by molar-refractivity contribution is -0.193. The summed E-state index contributed by atoms with van der Waals surface area (Å²) in [6, 6.07) is 7.03. The summed E-state index contributed by atoms with van der Waals surface area (Å²) in [5.41, 5.74) is 10.3. The molecule has 0 spiro atoms. The average molecular weight is 560 g/mol. The molecule has 0 atom stereocenters. The molecule has 0 saturated carbocycles. The second kappa shape index (κ2) is 11.5. The van der Waals surface area contributed by atoms with Crippen LogP contribution in [0.1, 0.15) is 27.0 Å². The first-order chi connectivity index (χ1) is 18.0. The summed E-state index contributed by atoms with van der Waals surface area (Å²) >= 11 is 0. The highest BCUT2D eigenvalue weighted by Crippen LogP contribution is 2.40. The minimum Gasteiger partial charge on any atom is -0.478 e. The summed E-state index contributed by atoms with van der Waals surface area (Å²) in [6.45, 7) is 0. The van der Waals surface area contributed by atoms with Crippen molar-refractivity contribution < 1.29 is 56.0 Å². The van der Waals surface area contributed by atoms with E-state index in [1.165, 1.54) is 6.33 Å². The SMILES string of the molecule is N#Cc1c(N)nc2c(c1-c1ncn[nH]1)CCc1cc(C(=O)O)ccc1-2.O=C(O)C(F)(F)F.O=C(O)C(F)(F)F. The Morgan fingerprint density at radius 1 is 1.00 bits per heavy atom. The summed E-state index contributed by atoms with van der Waals surface area (Å²) in [5.74, 6) is -5.90. The highest BCUT2D eigenvalue weighted by molar-refractivity contribution is 5.90. The van der Waals surface area contributed by atoms with Gasteiger partial charge in [-0.2, -0.15) is 36.7 Å². The second-order valence-electron chi connectivity index (χ2n) is 7.30. The van der Waals surface area contributed by atoms with Crippen molar-refractivity contribution in [2.45, 2.75) is 25.2 Å². The average Bonchev–Trinajstić information content (AvgIpc) is 3.37. The van der Waals surface area contributed by atoms with E-state index in [0.29, 0.717) is 29.9 Å². The maximum Gasteiger partial charge on any atom is 0.490 e. The number of hydrogen-bond donors (Lipinski definition) is 5. The van der Waals surface area contributed by atoms with Gasteiger partial charge in [-0.1, -0.05) is 6.07 Å². The molecule has 0 bridgehead atoms. The van der Waals surface area contributed by atoms with Crippen LogP contribution in [-0.4, -0.2) is 65.7 Å². The molecule has 2 heterocycles. The minimum atomic E-state index is -5.08. The Balaban J connectivity index is 0.000000317. The molecule has 0 fully saturated rings. The summed E-state index contributed by atoms with van der Waals surface area (Å²) in [4.78, 5) is 37.6. The van der Waals surface area contributed by atoms with Gasteiger partial charge in [0.2, 0.25) is 0 Å². The van der Waals surface area contributed by atoms with Crippen LogP contribution in [0.25, 0.3) is 22.6 Å². The first kappa shape index (κ1) is 30.0. The number of aliphatic carboxylic acids is 2. The monoisotopic (exact) mass is 560 g/mol. The highest BCUT2D eigenvalue weighted by atomic mass is 19.4. The lowest BCUT2D eigenvalue weighted by Crippen LogP contribution is -2.21. The molecule has 39 heavy (non-hydrogen) atoms. The van der Waals surface area contributed by atoms with Crippen molar-refractivity contribution in [1.82, 2.24) is 20.2 Å². The summed E-state index contributed by atoms with van der Waals surface area (Å²) in [7, 11) is 0. The van der Waals surface area contributed by atoms with Crippen molar-refractivity contribution in [2.75, 3.05) is 5.73 Å². The largest absolute Gasteiger partial charge is 0.490 e. The zero-order valence-electron chi connectivity index (χ0n) is 18.9. The Bertz CT molecular complexity index is 1420. The number of carboxylic acids is 3. The number of pyridine rings is 1. The van der Waals surface area contributed by atoms with E-state index in [9.17, 15) is 41.5 Å². The van der Waals surface area contributed by atoms with Gasteiger partial charge in [0.25, 0.3) is 0 Å². The number of anilines is 1. The molecular formula is C21H14F6N6O6. The van der Waals surface area contributed by atoms with Gasteiger partial charge in [-0.3, -0.25) is 5.10 Å². The van der Waals surface area contributed by atoms with E-state index in [2.05, 4.69) is 26.2 Å². The third-order valence-electron chi connectivity index (χ3n) is 4.83. The van der Waals surface area contributed by atoms with Gasteiger partial charge in [0, 0.05) is 11.1 Å². The molecule has 3 aromatic rings. The molecule has 1 aromatic carbocycles. The van der Waals surface area contributed by atoms with E-state index < -0.39 is 30.3 Å². The topological polar surface area (TPSA) is 216 Å². The molecule has 0 amide bonds. The fraction of sp³-hybridized carbons (Fsp3) is 0.190. The number of alkyl halides is 6. The van der Waals surface area contributed by atoms with Crippen LogP contribution in [0.2, 0.25) is 0 Å². The van der Waals surface area contributed by atoms with Gasteiger partial charge < -0.3 is 21.1 Å². The number of carbonyl (C=O) groups is 3. The molecule has 0 radical (unpaired) electrons. The predicted molar refractivity (Wildman–Crippen MR) is 116 cm³/mol. The molecule has 4 rings (SSSR count). The Kier molecular flexibility index (Phi) is 8.81. The minimum absolute atomic E-state index is 0.114.